The van der Waals surface area contributed by atoms with Gasteiger partial charge in [-0.15, -0.1) is 0 Å². The van der Waals surface area contributed by atoms with Crippen LogP contribution in [0.4, 0.5) is 0 Å². The van der Waals surface area contributed by atoms with Crippen molar-refractivity contribution < 1.29 is 32.9 Å². The highest BCUT2D eigenvalue weighted by molar-refractivity contribution is 7.45. The predicted octanol–water partition coefficient (Wildman–Crippen LogP) is 24.0. The first kappa shape index (κ1) is 85.7. The van der Waals surface area contributed by atoms with Crippen LogP contribution in [0, 0.1) is 0 Å². The summed E-state index contributed by atoms with van der Waals surface area (Å²) in [4.78, 5) is 25.7. The molecule has 9 heteroatoms. The van der Waals surface area contributed by atoms with E-state index < -0.39 is 20.0 Å². The maximum Gasteiger partial charge on any atom is 0.268 e. The number of phosphoric ester groups is 1. The first-order valence-corrected chi connectivity index (χ1v) is 39.4. The lowest BCUT2D eigenvalue weighted by Gasteiger charge is -2.29. The Morgan fingerprint density at radius 1 is 0.409 bits per heavy atom. The fourth-order valence-electron chi connectivity index (χ4n) is 11.3. The van der Waals surface area contributed by atoms with E-state index in [0.29, 0.717) is 17.4 Å². The summed E-state index contributed by atoms with van der Waals surface area (Å²) in [6.07, 6.45) is 98.7. The molecule has 88 heavy (non-hydrogen) atoms. The van der Waals surface area contributed by atoms with E-state index >= 15 is 0 Å². The smallest absolute Gasteiger partial charge is 0.268 e. The fraction of sp³-hybridized carbons (Fsp3) is 0.810. The lowest BCUT2D eigenvalue weighted by Crippen LogP contribution is -2.45. The van der Waals surface area contributed by atoms with Gasteiger partial charge in [0.2, 0.25) is 5.91 Å². The first-order chi connectivity index (χ1) is 43.0. The average molecular weight is 1250 g/mol. The Labute approximate surface area is 547 Å². The highest BCUT2D eigenvalue weighted by Crippen LogP contribution is 2.38. The second-order valence-electron chi connectivity index (χ2n) is 27.0. The van der Waals surface area contributed by atoms with Gasteiger partial charge in [0.15, 0.2) is 0 Å². The molecule has 0 aliphatic heterocycles. The molecule has 0 fully saturated rings. The number of carbonyl (C=O) groups excluding carboxylic acids is 1. The lowest BCUT2D eigenvalue weighted by atomic mass is 10.0. The predicted molar refractivity (Wildman–Crippen MR) is 385 cm³/mol. The van der Waals surface area contributed by atoms with Crippen molar-refractivity contribution in [1.29, 1.82) is 0 Å². The maximum atomic E-state index is 13.1. The van der Waals surface area contributed by atoms with Crippen LogP contribution in [-0.2, 0) is 18.4 Å². The molecule has 3 atom stereocenters. The van der Waals surface area contributed by atoms with Crippen LogP contribution in [0.25, 0.3) is 0 Å². The highest BCUT2D eigenvalue weighted by Gasteiger charge is 2.23. The van der Waals surface area contributed by atoms with E-state index in [1.54, 1.807) is 6.08 Å². The summed E-state index contributed by atoms with van der Waals surface area (Å²) in [5.74, 6) is -0.192. The van der Waals surface area contributed by atoms with E-state index in [1.165, 1.54) is 263 Å². The standard InChI is InChI=1S/C79H147N2O6P/c1-6-8-10-12-14-16-18-20-22-24-26-28-30-32-34-35-36-37-38-39-40-41-42-43-44-45-47-49-51-53-55-57-59-61-63-65-67-69-71-73-79(83)80-77(76-87-88(84,85)86-75-74-81(3,4)5)78(82)72-70-68-66-64-62-60-58-56-54-52-50-48-46-33-31-29-27-25-23-21-19-17-15-13-11-9-7-2/h8,10,14,16,20,22,26,28,32,34,36-37,70,72,77-78,82H,6-7,9,11-13,15,17-19,21,23-25,27,29-31,33,35,38-69,71,73-76H2,1-5H3,(H-,80,83,84,85)/b10-8-,16-14-,22-20-,28-26-,34-32-,37-36-,72-70+. The minimum Gasteiger partial charge on any atom is -0.756 e. The van der Waals surface area contributed by atoms with Gasteiger partial charge in [-0.3, -0.25) is 9.36 Å². The van der Waals surface area contributed by atoms with E-state index in [-0.39, 0.29) is 19.1 Å². The van der Waals surface area contributed by atoms with Crippen molar-refractivity contribution in [3.05, 3.63) is 85.1 Å². The summed E-state index contributed by atoms with van der Waals surface area (Å²) in [7, 11) is 1.27. The number of hydrogen-bond donors (Lipinski definition) is 2. The minimum absolute atomic E-state index is 0.00103. The molecule has 0 rings (SSSR count). The van der Waals surface area contributed by atoms with Crippen LogP contribution < -0.4 is 10.2 Å². The third-order valence-electron chi connectivity index (χ3n) is 17.1. The van der Waals surface area contributed by atoms with Gasteiger partial charge in [-0.1, -0.05) is 369 Å². The van der Waals surface area contributed by atoms with Crippen molar-refractivity contribution in [1.82, 2.24) is 5.32 Å². The molecule has 0 saturated carbocycles. The average Bonchev–Trinajstić information content (AvgIpc) is 3.70. The molecule has 0 saturated heterocycles. The summed E-state index contributed by atoms with van der Waals surface area (Å²) < 4.78 is 23.5. The summed E-state index contributed by atoms with van der Waals surface area (Å²) in [6.45, 7) is 4.58. The van der Waals surface area contributed by atoms with Gasteiger partial charge in [0, 0.05) is 6.42 Å². The van der Waals surface area contributed by atoms with Crippen molar-refractivity contribution in [3.63, 3.8) is 0 Å². The van der Waals surface area contributed by atoms with Gasteiger partial charge in [0.25, 0.3) is 7.82 Å². The van der Waals surface area contributed by atoms with Gasteiger partial charge in [-0.2, -0.15) is 0 Å². The van der Waals surface area contributed by atoms with E-state index in [0.717, 1.165) is 77.0 Å². The summed E-state index contributed by atoms with van der Waals surface area (Å²) in [5, 5.41) is 14.0. The minimum atomic E-state index is -4.61. The van der Waals surface area contributed by atoms with Crippen molar-refractivity contribution >= 4 is 13.7 Å². The number of phosphoric acid groups is 1. The molecule has 0 heterocycles. The number of allylic oxidation sites excluding steroid dienone is 13. The van der Waals surface area contributed by atoms with Gasteiger partial charge in [-0.25, -0.2) is 0 Å². The Hall–Kier alpha value is -2.32. The van der Waals surface area contributed by atoms with Crippen LogP contribution in [0.15, 0.2) is 85.1 Å². The molecule has 0 aromatic rings. The summed E-state index contributed by atoms with van der Waals surface area (Å²) in [6, 6.07) is -0.890. The number of likely N-dealkylation sites (N-methyl/N-ethyl adjacent to an activating group) is 1. The van der Waals surface area contributed by atoms with Crippen molar-refractivity contribution in [2.75, 3.05) is 40.9 Å². The number of nitrogens with zero attached hydrogens (tertiary/aromatic N) is 1. The Morgan fingerprint density at radius 3 is 1.01 bits per heavy atom. The maximum absolute atomic E-state index is 13.1. The topological polar surface area (TPSA) is 108 Å². The van der Waals surface area contributed by atoms with Gasteiger partial charge in [-0.05, 0) is 70.6 Å². The van der Waals surface area contributed by atoms with E-state index in [9.17, 15) is 19.4 Å². The molecule has 0 aromatic heterocycles. The number of quaternary nitrogens is 1. The number of rotatable bonds is 70. The number of amides is 1. The molecule has 0 spiro atoms. The van der Waals surface area contributed by atoms with E-state index in [2.05, 4.69) is 92.1 Å². The van der Waals surface area contributed by atoms with Gasteiger partial charge in [0.05, 0.1) is 39.9 Å². The number of carbonyl (C=O) groups is 1. The molecule has 1 amide bonds. The SMILES string of the molecule is CC/C=C\C/C=C\C/C=C\C/C=C\C/C=C\C/C=C\CCCCCCCCCCCCCCCCCCCCCCC(=O)NC(COP(=O)([O-])OCC[N+](C)(C)C)C(O)/C=C/CCCCCCCCCCCCCCCCCCCCCCCCCCC. The Kier molecular flexibility index (Phi) is 67.2. The number of nitrogens with one attached hydrogen (secondary N) is 1. The third kappa shape index (κ3) is 71.1. The number of aliphatic hydroxyl groups is 1. The molecule has 0 aliphatic rings. The molecular formula is C79H147N2O6P. The normalized spacial score (nSPS) is 14.0. The van der Waals surface area contributed by atoms with Crippen LogP contribution in [-0.4, -0.2) is 68.5 Å². The van der Waals surface area contributed by atoms with Crippen molar-refractivity contribution in [3.8, 4) is 0 Å². The number of aliphatic hydroxyl groups excluding tert-OH is 1. The molecule has 2 N–H and O–H groups in total. The molecule has 0 aromatic carbocycles. The molecular weight excluding hydrogens is 1100 g/mol. The van der Waals surface area contributed by atoms with Gasteiger partial charge >= 0.3 is 0 Å². The highest BCUT2D eigenvalue weighted by atomic mass is 31.2. The molecule has 8 nitrogen and oxygen atoms in total. The summed E-state index contributed by atoms with van der Waals surface area (Å²) in [5.41, 5.74) is 0. The molecule has 514 valence electrons. The van der Waals surface area contributed by atoms with Gasteiger partial charge < -0.3 is 28.8 Å². The molecule has 0 bridgehead atoms. The third-order valence-corrected chi connectivity index (χ3v) is 18.1. The quantitative estimate of drug-likeness (QED) is 0.0272. The second-order valence-corrected chi connectivity index (χ2v) is 28.4. The van der Waals surface area contributed by atoms with E-state index in [4.69, 9.17) is 9.05 Å². The Balaban J connectivity index is 3.99. The number of hydrogen-bond acceptors (Lipinski definition) is 6. The fourth-order valence-corrected chi connectivity index (χ4v) is 12.0. The molecule has 0 radical (unpaired) electrons. The zero-order chi connectivity index (χ0) is 64.1. The van der Waals surface area contributed by atoms with Crippen LogP contribution >= 0.6 is 7.82 Å². The Bertz CT molecular complexity index is 1710. The zero-order valence-corrected chi connectivity index (χ0v) is 59.8. The molecule has 3 unspecified atom stereocenters. The Morgan fingerprint density at radius 2 is 0.693 bits per heavy atom. The monoisotopic (exact) mass is 1250 g/mol. The molecule has 0 aliphatic carbocycles. The number of unbranched alkanes of at least 4 members (excludes halogenated alkanes) is 45. The first-order valence-electron chi connectivity index (χ1n) is 37.9. The largest absolute Gasteiger partial charge is 0.756 e. The lowest BCUT2D eigenvalue weighted by molar-refractivity contribution is -0.870. The van der Waals surface area contributed by atoms with Crippen LogP contribution in [0.3, 0.4) is 0 Å². The van der Waals surface area contributed by atoms with Crippen LogP contribution in [0.1, 0.15) is 361 Å². The summed E-state index contributed by atoms with van der Waals surface area (Å²) >= 11 is 0. The van der Waals surface area contributed by atoms with E-state index in [1.807, 2.05) is 27.2 Å². The van der Waals surface area contributed by atoms with Crippen molar-refractivity contribution in [2.24, 2.45) is 0 Å². The van der Waals surface area contributed by atoms with Crippen LogP contribution in [0.2, 0.25) is 0 Å². The second kappa shape index (κ2) is 69.0. The van der Waals surface area contributed by atoms with Gasteiger partial charge in [0.1, 0.15) is 13.2 Å². The van der Waals surface area contributed by atoms with Crippen LogP contribution in [0.5, 0.6) is 0 Å². The van der Waals surface area contributed by atoms with Crippen molar-refractivity contribution in [2.45, 2.75) is 373 Å². The zero-order valence-electron chi connectivity index (χ0n) is 58.9.